The lowest BCUT2D eigenvalue weighted by atomic mass is 10.5. The molecule has 0 aromatic carbocycles. The summed E-state index contributed by atoms with van der Waals surface area (Å²) in [5.41, 5.74) is 0. The van der Waals surface area contributed by atoms with E-state index in [0.717, 1.165) is 6.42 Å². The van der Waals surface area contributed by atoms with Gasteiger partial charge in [-0.25, -0.2) is 4.79 Å². The quantitative estimate of drug-likeness (QED) is 0.704. The van der Waals surface area contributed by atoms with E-state index in [4.69, 9.17) is 8.85 Å². The van der Waals surface area contributed by atoms with Crippen LogP contribution in [0.2, 0.25) is 19.6 Å². The number of carbonyl (C=O) groups excluding carboxylic acids is 1. The zero-order valence-electron chi connectivity index (χ0n) is 8.85. The van der Waals surface area contributed by atoms with Crippen molar-refractivity contribution in [2.45, 2.75) is 33.0 Å². The van der Waals surface area contributed by atoms with Gasteiger partial charge in [-0.1, -0.05) is 6.92 Å². The third-order valence-electron chi connectivity index (χ3n) is 1.16. The second-order valence-electron chi connectivity index (χ2n) is 3.71. The molecule has 0 saturated carbocycles. The van der Waals surface area contributed by atoms with Gasteiger partial charge in [0.2, 0.25) is 0 Å². The Morgan fingerprint density at radius 2 is 2.08 bits per heavy atom. The molecule has 13 heavy (non-hydrogen) atoms. The lowest BCUT2D eigenvalue weighted by Gasteiger charge is -2.17. The van der Waals surface area contributed by atoms with Gasteiger partial charge < -0.3 is 13.8 Å². The second-order valence-corrected chi connectivity index (χ2v) is 9.74. The predicted molar refractivity (Wildman–Crippen MR) is 57.7 cm³/mol. The minimum absolute atomic E-state index is 0.341. The van der Waals surface area contributed by atoms with Crippen molar-refractivity contribution < 1.29 is 13.6 Å². The largest absolute Gasteiger partial charge is 0.450 e. The van der Waals surface area contributed by atoms with Crippen molar-refractivity contribution in [3.8, 4) is 0 Å². The molecule has 0 bridgehead atoms. The molecule has 4 nitrogen and oxygen atoms in total. The summed E-state index contributed by atoms with van der Waals surface area (Å²) >= 11 is 0. The summed E-state index contributed by atoms with van der Waals surface area (Å²) < 4.78 is 10.4. The average Bonchev–Trinajstić information content (AvgIpc) is 1.98. The number of nitrogens with one attached hydrogen (secondary N) is 1. The molecule has 0 atom stereocenters. The molecule has 1 amide bonds. The van der Waals surface area contributed by atoms with Crippen molar-refractivity contribution in [2.24, 2.45) is 0 Å². The smallest absolute Gasteiger partial charge is 0.400 e. The van der Waals surface area contributed by atoms with E-state index in [1.54, 1.807) is 0 Å². The van der Waals surface area contributed by atoms with E-state index in [-0.39, 0.29) is 6.09 Å². The number of hydrogen-bond donors (Lipinski definition) is 1. The Morgan fingerprint density at radius 1 is 1.46 bits per heavy atom. The Kier molecular flexibility index (Phi) is 6.01. The van der Waals surface area contributed by atoms with Crippen LogP contribution in [0.15, 0.2) is 0 Å². The fourth-order valence-corrected chi connectivity index (χ4v) is 2.80. The van der Waals surface area contributed by atoms with Gasteiger partial charge in [0.15, 0.2) is 8.32 Å². The van der Waals surface area contributed by atoms with Gasteiger partial charge in [0.05, 0.1) is 6.61 Å². The van der Waals surface area contributed by atoms with Gasteiger partial charge in [-0.15, -0.1) is 0 Å². The first-order valence-electron chi connectivity index (χ1n) is 4.50. The first-order chi connectivity index (χ1) is 5.95. The maximum absolute atomic E-state index is 10.9. The fraction of sp³-hybridized carbons (Fsp3) is 0.857. The summed E-state index contributed by atoms with van der Waals surface area (Å²) in [6.07, 6.45) is 0.510. The normalized spacial score (nSPS) is 12.0. The van der Waals surface area contributed by atoms with Gasteiger partial charge in [-0.2, -0.15) is 0 Å². The second kappa shape index (κ2) is 6.17. The van der Waals surface area contributed by atoms with Crippen LogP contribution in [0.4, 0.5) is 4.79 Å². The SMILES string of the molecule is CCCOC(=O)N[SiH2]O[Si](C)(C)C. The van der Waals surface area contributed by atoms with Crippen molar-refractivity contribution >= 4 is 24.3 Å². The molecule has 0 fully saturated rings. The van der Waals surface area contributed by atoms with Gasteiger partial charge >= 0.3 is 6.09 Å². The minimum Gasteiger partial charge on any atom is -0.450 e. The summed E-state index contributed by atoms with van der Waals surface area (Å²) in [5.74, 6) is 0. The van der Waals surface area contributed by atoms with Gasteiger partial charge in [-0.3, -0.25) is 0 Å². The molecule has 0 rings (SSSR count). The summed E-state index contributed by atoms with van der Waals surface area (Å²) in [4.78, 5) is 13.6. The maximum atomic E-state index is 10.9. The molecule has 0 spiro atoms. The number of ether oxygens (including phenoxy) is 1. The predicted octanol–water partition coefficient (Wildman–Crippen LogP) is 0.973. The van der Waals surface area contributed by atoms with Crippen LogP contribution in [0.1, 0.15) is 13.3 Å². The molecular formula is C7H19NO3Si2. The average molecular weight is 221 g/mol. The lowest BCUT2D eigenvalue weighted by Crippen LogP contribution is -2.37. The zero-order valence-corrected chi connectivity index (χ0v) is 11.3. The van der Waals surface area contributed by atoms with Crippen LogP contribution in [0, 0.1) is 0 Å². The monoisotopic (exact) mass is 221 g/mol. The number of amides is 1. The molecule has 0 aliphatic heterocycles. The number of carbonyl (C=O) groups is 1. The van der Waals surface area contributed by atoms with E-state index in [2.05, 4.69) is 24.6 Å². The molecular weight excluding hydrogens is 202 g/mol. The van der Waals surface area contributed by atoms with E-state index in [9.17, 15) is 4.79 Å². The summed E-state index contributed by atoms with van der Waals surface area (Å²) in [6.45, 7) is 8.73. The Bertz CT molecular complexity index is 158. The topological polar surface area (TPSA) is 47.6 Å². The Balaban J connectivity index is 3.37. The van der Waals surface area contributed by atoms with Crippen LogP contribution in [-0.2, 0) is 8.85 Å². The highest BCUT2D eigenvalue weighted by Crippen LogP contribution is 1.99. The molecule has 0 radical (unpaired) electrons. The van der Waals surface area contributed by atoms with E-state index >= 15 is 0 Å². The molecule has 1 N–H and O–H groups in total. The van der Waals surface area contributed by atoms with Crippen molar-refractivity contribution in [1.82, 2.24) is 4.98 Å². The molecule has 0 aliphatic rings. The Morgan fingerprint density at radius 3 is 2.54 bits per heavy atom. The summed E-state index contributed by atoms with van der Waals surface area (Å²) in [7, 11) is -2.39. The zero-order chi connectivity index (χ0) is 10.3. The number of hydrogen-bond acceptors (Lipinski definition) is 3. The highest BCUT2D eigenvalue weighted by atomic mass is 28.4. The molecule has 6 heteroatoms. The highest BCUT2D eigenvalue weighted by Gasteiger charge is 2.13. The Hall–Kier alpha value is -0.336. The number of rotatable bonds is 5. The van der Waals surface area contributed by atoms with Crippen LogP contribution in [0.25, 0.3) is 0 Å². The van der Waals surface area contributed by atoms with Gasteiger partial charge in [0.1, 0.15) is 0 Å². The van der Waals surface area contributed by atoms with E-state index in [1.165, 1.54) is 0 Å². The third kappa shape index (κ3) is 9.58. The minimum atomic E-state index is -1.46. The fourth-order valence-electron chi connectivity index (χ4n) is 0.557. The lowest BCUT2D eigenvalue weighted by molar-refractivity contribution is 0.152. The molecule has 0 aromatic rings. The first-order valence-corrected chi connectivity index (χ1v) is 9.19. The van der Waals surface area contributed by atoms with Crippen molar-refractivity contribution in [3.63, 3.8) is 0 Å². The van der Waals surface area contributed by atoms with E-state index in [1.807, 2.05) is 6.92 Å². The molecule has 0 aromatic heterocycles. The van der Waals surface area contributed by atoms with E-state index < -0.39 is 18.2 Å². The van der Waals surface area contributed by atoms with Gasteiger partial charge in [0.25, 0.3) is 9.92 Å². The summed E-state index contributed by atoms with van der Waals surface area (Å²) in [5, 5.41) is 0. The van der Waals surface area contributed by atoms with E-state index in [0.29, 0.717) is 6.61 Å². The molecule has 0 aliphatic carbocycles. The van der Waals surface area contributed by atoms with Crippen molar-refractivity contribution in [2.75, 3.05) is 6.61 Å². The highest BCUT2D eigenvalue weighted by molar-refractivity contribution is 6.73. The van der Waals surface area contributed by atoms with Crippen LogP contribution in [0.5, 0.6) is 0 Å². The van der Waals surface area contributed by atoms with Crippen LogP contribution in [0.3, 0.4) is 0 Å². The van der Waals surface area contributed by atoms with Crippen LogP contribution < -0.4 is 4.98 Å². The van der Waals surface area contributed by atoms with Crippen molar-refractivity contribution in [3.05, 3.63) is 0 Å². The maximum Gasteiger partial charge on any atom is 0.400 e. The molecule has 0 unspecified atom stereocenters. The third-order valence-corrected chi connectivity index (χ3v) is 5.63. The van der Waals surface area contributed by atoms with Crippen molar-refractivity contribution in [1.29, 1.82) is 0 Å². The standard InChI is InChI=1S/C7H19NO3Si2/c1-5-6-10-7(9)8-12-11-13(2,3)4/h5-6,12H2,1-4H3,(H,8,9). The molecule has 78 valence electrons. The first kappa shape index (κ1) is 12.7. The van der Waals surface area contributed by atoms with Gasteiger partial charge in [-0.05, 0) is 26.1 Å². The van der Waals surface area contributed by atoms with Crippen LogP contribution in [-0.4, -0.2) is 30.9 Å². The van der Waals surface area contributed by atoms with Gasteiger partial charge in [0, 0.05) is 0 Å². The molecule has 0 heterocycles. The Labute approximate surface area is 83.1 Å². The molecule has 0 saturated heterocycles. The van der Waals surface area contributed by atoms with Crippen LogP contribution >= 0.6 is 0 Å². The summed E-state index contributed by atoms with van der Waals surface area (Å²) in [6, 6.07) is 0.